The SMILES string of the molecule is Nc1ccc(O)cc1C(=O)NCC1(O)CCCCC1. The van der Waals surface area contributed by atoms with Crippen LogP contribution in [0.5, 0.6) is 5.75 Å². The van der Waals surface area contributed by atoms with Gasteiger partial charge in [0, 0.05) is 12.2 Å². The highest BCUT2D eigenvalue weighted by Crippen LogP contribution is 2.27. The smallest absolute Gasteiger partial charge is 0.253 e. The molecule has 0 spiro atoms. The number of nitrogens with two attached hydrogens (primary N) is 1. The van der Waals surface area contributed by atoms with Crippen molar-refractivity contribution < 1.29 is 15.0 Å². The molecule has 1 fully saturated rings. The third-order valence-electron chi connectivity index (χ3n) is 3.64. The molecule has 0 radical (unpaired) electrons. The van der Waals surface area contributed by atoms with E-state index in [4.69, 9.17) is 5.73 Å². The third-order valence-corrected chi connectivity index (χ3v) is 3.64. The minimum Gasteiger partial charge on any atom is -0.508 e. The van der Waals surface area contributed by atoms with E-state index in [0.717, 1.165) is 19.3 Å². The monoisotopic (exact) mass is 264 g/mol. The van der Waals surface area contributed by atoms with E-state index in [0.29, 0.717) is 18.5 Å². The van der Waals surface area contributed by atoms with E-state index >= 15 is 0 Å². The van der Waals surface area contributed by atoms with Crippen LogP contribution in [-0.4, -0.2) is 28.3 Å². The summed E-state index contributed by atoms with van der Waals surface area (Å²) in [7, 11) is 0. The van der Waals surface area contributed by atoms with E-state index < -0.39 is 5.60 Å². The van der Waals surface area contributed by atoms with Crippen LogP contribution in [-0.2, 0) is 0 Å². The van der Waals surface area contributed by atoms with Crippen LogP contribution in [0, 0.1) is 0 Å². The van der Waals surface area contributed by atoms with Crippen LogP contribution in [0.1, 0.15) is 42.5 Å². The maximum Gasteiger partial charge on any atom is 0.253 e. The molecule has 1 aliphatic carbocycles. The summed E-state index contributed by atoms with van der Waals surface area (Å²) < 4.78 is 0. The second-order valence-electron chi connectivity index (χ2n) is 5.24. The lowest BCUT2D eigenvalue weighted by molar-refractivity contribution is 0.00526. The number of hydrogen-bond acceptors (Lipinski definition) is 4. The van der Waals surface area contributed by atoms with Crippen LogP contribution < -0.4 is 11.1 Å². The molecule has 0 heterocycles. The fraction of sp³-hybridized carbons (Fsp3) is 0.500. The molecule has 2 rings (SSSR count). The molecule has 1 aromatic carbocycles. The van der Waals surface area contributed by atoms with Gasteiger partial charge in [-0.3, -0.25) is 4.79 Å². The van der Waals surface area contributed by atoms with Crippen LogP contribution in [0.15, 0.2) is 18.2 Å². The Morgan fingerprint density at radius 3 is 2.68 bits per heavy atom. The topological polar surface area (TPSA) is 95.6 Å². The number of hydrogen-bond donors (Lipinski definition) is 4. The molecule has 0 aromatic heterocycles. The Hall–Kier alpha value is -1.75. The zero-order chi connectivity index (χ0) is 13.9. The summed E-state index contributed by atoms with van der Waals surface area (Å²) in [5.74, 6) is -0.372. The van der Waals surface area contributed by atoms with Gasteiger partial charge in [0.2, 0.25) is 0 Å². The van der Waals surface area contributed by atoms with Gasteiger partial charge in [0.1, 0.15) is 5.75 Å². The second kappa shape index (κ2) is 5.48. The van der Waals surface area contributed by atoms with Crippen molar-refractivity contribution in [1.82, 2.24) is 5.32 Å². The number of phenols is 1. The Balaban J connectivity index is 1.99. The standard InChI is InChI=1S/C14H20N2O3/c15-12-5-4-10(17)8-11(12)13(18)16-9-14(19)6-2-1-3-7-14/h4-5,8,17,19H,1-3,6-7,9,15H2,(H,16,18). The number of nitrogen functional groups attached to an aromatic ring is 1. The summed E-state index contributed by atoms with van der Waals surface area (Å²) in [6.45, 7) is 0.223. The average molecular weight is 264 g/mol. The summed E-state index contributed by atoms with van der Waals surface area (Å²) in [6.07, 6.45) is 4.53. The quantitative estimate of drug-likeness (QED) is 0.490. The van der Waals surface area contributed by atoms with Crippen LogP contribution in [0.2, 0.25) is 0 Å². The first kappa shape index (κ1) is 13.7. The van der Waals surface area contributed by atoms with Gasteiger partial charge < -0.3 is 21.3 Å². The molecule has 1 aromatic rings. The van der Waals surface area contributed by atoms with E-state index in [1.807, 2.05) is 0 Å². The third kappa shape index (κ3) is 3.38. The number of rotatable bonds is 3. The van der Waals surface area contributed by atoms with E-state index in [2.05, 4.69) is 5.32 Å². The number of aliphatic hydroxyl groups is 1. The highest BCUT2D eigenvalue weighted by atomic mass is 16.3. The molecule has 0 unspecified atom stereocenters. The van der Waals surface area contributed by atoms with Crippen molar-refractivity contribution in [1.29, 1.82) is 0 Å². The minimum atomic E-state index is -0.806. The molecule has 1 amide bonds. The summed E-state index contributed by atoms with van der Waals surface area (Å²) >= 11 is 0. The Kier molecular flexibility index (Phi) is 3.95. The Bertz CT molecular complexity index is 468. The molecule has 19 heavy (non-hydrogen) atoms. The van der Waals surface area contributed by atoms with Gasteiger partial charge >= 0.3 is 0 Å². The van der Waals surface area contributed by atoms with Crippen LogP contribution in [0.25, 0.3) is 0 Å². The van der Waals surface area contributed by atoms with Crippen molar-refractivity contribution in [3.8, 4) is 5.75 Å². The van der Waals surface area contributed by atoms with Crippen molar-refractivity contribution in [2.24, 2.45) is 0 Å². The number of amides is 1. The first-order valence-electron chi connectivity index (χ1n) is 6.59. The van der Waals surface area contributed by atoms with Gasteiger partial charge in [-0.05, 0) is 31.0 Å². The highest BCUT2D eigenvalue weighted by molar-refractivity contribution is 5.99. The zero-order valence-electron chi connectivity index (χ0n) is 10.9. The number of anilines is 1. The Labute approximate surface area is 112 Å². The van der Waals surface area contributed by atoms with E-state index in [1.165, 1.54) is 18.2 Å². The molecular formula is C14H20N2O3. The number of nitrogens with one attached hydrogen (secondary N) is 1. The van der Waals surface area contributed by atoms with Gasteiger partial charge in [-0.2, -0.15) is 0 Å². The van der Waals surface area contributed by atoms with E-state index in [1.54, 1.807) is 0 Å². The first-order chi connectivity index (χ1) is 9.00. The van der Waals surface area contributed by atoms with E-state index in [-0.39, 0.29) is 23.8 Å². The van der Waals surface area contributed by atoms with Crippen LogP contribution >= 0.6 is 0 Å². The lowest BCUT2D eigenvalue weighted by Gasteiger charge is -2.32. The van der Waals surface area contributed by atoms with Crippen molar-refractivity contribution in [2.45, 2.75) is 37.7 Å². The van der Waals surface area contributed by atoms with Crippen molar-refractivity contribution in [3.05, 3.63) is 23.8 Å². The maximum atomic E-state index is 12.0. The summed E-state index contributed by atoms with van der Waals surface area (Å²) in [5.41, 5.74) is 5.44. The van der Waals surface area contributed by atoms with Gasteiger partial charge in [0.15, 0.2) is 0 Å². The maximum absolute atomic E-state index is 12.0. The molecule has 0 saturated heterocycles. The van der Waals surface area contributed by atoms with Gasteiger partial charge in [-0.25, -0.2) is 0 Å². The predicted octanol–water partition coefficient (Wildman–Crippen LogP) is 1.40. The molecular weight excluding hydrogens is 244 g/mol. The van der Waals surface area contributed by atoms with Crippen molar-refractivity contribution >= 4 is 11.6 Å². The normalized spacial score (nSPS) is 17.9. The second-order valence-corrected chi connectivity index (χ2v) is 5.24. The van der Waals surface area contributed by atoms with Gasteiger partial charge in [0.25, 0.3) is 5.91 Å². The lowest BCUT2D eigenvalue weighted by atomic mass is 9.85. The predicted molar refractivity (Wildman–Crippen MR) is 72.9 cm³/mol. The molecule has 5 heteroatoms. The van der Waals surface area contributed by atoms with Gasteiger partial charge in [-0.15, -0.1) is 0 Å². The largest absolute Gasteiger partial charge is 0.508 e. The molecule has 0 aliphatic heterocycles. The summed E-state index contributed by atoms with van der Waals surface area (Å²) in [6, 6.07) is 4.25. The minimum absolute atomic E-state index is 0.00396. The molecule has 0 bridgehead atoms. The zero-order valence-corrected chi connectivity index (χ0v) is 10.9. The Morgan fingerprint density at radius 2 is 2.00 bits per heavy atom. The summed E-state index contributed by atoms with van der Waals surface area (Å²) in [4.78, 5) is 12.0. The first-order valence-corrected chi connectivity index (χ1v) is 6.59. The number of benzene rings is 1. The molecule has 1 saturated carbocycles. The van der Waals surface area contributed by atoms with Crippen molar-refractivity contribution in [3.63, 3.8) is 0 Å². The number of phenolic OH excluding ortho intramolecular Hbond substituents is 1. The fourth-order valence-corrected chi connectivity index (χ4v) is 2.47. The number of aromatic hydroxyl groups is 1. The molecule has 0 atom stereocenters. The van der Waals surface area contributed by atoms with Gasteiger partial charge in [0.05, 0.1) is 11.2 Å². The summed E-state index contributed by atoms with van der Waals surface area (Å²) in [5, 5.41) is 22.4. The lowest BCUT2D eigenvalue weighted by Crippen LogP contribution is -2.44. The van der Waals surface area contributed by atoms with Crippen LogP contribution in [0.3, 0.4) is 0 Å². The molecule has 1 aliphatic rings. The number of carbonyl (C=O) groups is 1. The van der Waals surface area contributed by atoms with Crippen LogP contribution in [0.4, 0.5) is 5.69 Å². The highest BCUT2D eigenvalue weighted by Gasteiger charge is 2.29. The molecule has 5 N–H and O–H groups in total. The molecule has 104 valence electrons. The Morgan fingerprint density at radius 1 is 1.32 bits per heavy atom. The number of carbonyl (C=O) groups excluding carboxylic acids is 1. The molecule has 5 nitrogen and oxygen atoms in total. The average Bonchev–Trinajstić information content (AvgIpc) is 2.40. The van der Waals surface area contributed by atoms with E-state index in [9.17, 15) is 15.0 Å². The van der Waals surface area contributed by atoms with Gasteiger partial charge in [-0.1, -0.05) is 19.3 Å². The fourth-order valence-electron chi connectivity index (χ4n) is 2.47. The van der Waals surface area contributed by atoms with Crippen molar-refractivity contribution in [2.75, 3.05) is 12.3 Å².